The molecule has 0 saturated carbocycles. The van der Waals surface area contributed by atoms with Crippen molar-refractivity contribution in [2.24, 2.45) is 0 Å². The van der Waals surface area contributed by atoms with Crippen LogP contribution in [-0.2, 0) is 0 Å². The highest BCUT2D eigenvalue weighted by molar-refractivity contribution is 5.84. The molecule has 0 saturated heterocycles. The van der Waals surface area contributed by atoms with Crippen molar-refractivity contribution in [1.29, 1.82) is 0 Å². The van der Waals surface area contributed by atoms with Gasteiger partial charge in [0.1, 0.15) is 12.6 Å². The van der Waals surface area contributed by atoms with Crippen LogP contribution in [0.3, 0.4) is 0 Å². The molecule has 1 aliphatic rings. The van der Waals surface area contributed by atoms with Gasteiger partial charge in [0.05, 0.1) is 0 Å². The molecule has 5 nitrogen and oxygen atoms in total. The van der Waals surface area contributed by atoms with Crippen LogP contribution in [0.1, 0.15) is 10.4 Å². The average molecular weight is 212 g/mol. The molecule has 1 N–H and O–H groups in total. The van der Waals surface area contributed by atoms with Crippen molar-refractivity contribution in [2.75, 3.05) is 5.32 Å². The average Bonchev–Trinajstić information content (AvgIpc) is 2.71. The number of anilines is 1. The number of hydrogen-bond donors (Lipinski definition) is 1. The van der Waals surface area contributed by atoms with Crippen molar-refractivity contribution in [3.05, 3.63) is 36.3 Å². The Hall–Kier alpha value is -2.43. The van der Waals surface area contributed by atoms with Crippen LogP contribution < -0.4 is 5.32 Å². The summed E-state index contributed by atoms with van der Waals surface area (Å²) in [7, 11) is 0. The third-order valence-electron chi connectivity index (χ3n) is 2.45. The van der Waals surface area contributed by atoms with Gasteiger partial charge in [-0.15, -0.1) is 0 Å². The molecular formula is C11H8N4O. The molecule has 2 heterocycles. The molecule has 16 heavy (non-hydrogen) atoms. The first-order valence-electron chi connectivity index (χ1n) is 4.81. The number of rotatable bonds is 1. The Kier molecular flexibility index (Phi) is 1.83. The highest BCUT2D eigenvalue weighted by Gasteiger charge is 2.13. The third-order valence-corrected chi connectivity index (χ3v) is 2.45. The van der Waals surface area contributed by atoms with E-state index in [1.54, 1.807) is 29.2 Å². The molecule has 3 rings (SSSR count). The molecular weight excluding hydrogens is 204 g/mol. The third kappa shape index (κ3) is 1.22. The largest absolute Gasteiger partial charge is 0.360 e. The van der Waals surface area contributed by atoms with Crippen LogP contribution >= 0.6 is 0 Å². The fourth-order valence-electron chi connectivity index (χ4n) is 1.70. The van der Waals surface area contributed by atoms with E-state index in [0.29, 0.717) is 5.56 Å². The van der Waals surface area contributed by atoms with Crippen LogP contribution in [0.5, 0.6) is 0 Å². The second kappa shape index (κ2) is 3.30. The van der Waals surface area contributed by atoms with Crippen LogP contribution in [0.4, 0.5) is 5.69 Å². The van der Waals surface area contributed by atoms with Gasteiger partial charge in [0.2, 0.25) is 0 Å². The van der Waals surface area contributed by atoms with Gasteiger partial charge in [0.25, 0.3) is 0 Å². The van der Waals surface area contributed by atoms with Crippen LogP contribution in [0.15, 0.2) is 30.7 Å². The molecule has 5 heteroatoms. The fraction of sp³-hybridized carbons (Fsp3) is 0. The summed E-state index contributed by atoms with van der Waals surface area (Å²) in [6.45, 7) is 0. The van der Waals surface area contributed by atoms with Crippen molar-refractivity contribution in [3.8, 4) is 11.4 Å². The summed E-state index contributed by atoms with van der Waals surface area (Å²) < 4.78 is 1.66. The normalized spacial score (nSPS) is 12.2. The minimum atomic E-state index is 0.622. The summed E-state index contributed by atoms with van der Waals surface area (Å²) in [6.07, 6.45) is 5.87. The van der Waals surface area contributed by atoms with Crippen molar-refractivity contribution < 1.29 is 4.79 Å². The number of aldehydes is 1. The number of nitrogens with one attached hydrogen (secondary N) is 1. The molecule has 0 bridgehead atoms. The lowest BCUT2D eigenvalue weighted by Gasteiger charge is -2.05. The number of carbonyl (C=O) groups excluding carboxylic acids is 1. The fourth-order valence-corrected chi connectivity index (χ4v) is 1.70. The number of fused-ring (bicyclic) bond motifs is 3. The zero-order valence-electron chi connectivity index (χ0n) is 8.29. The molecule has 0 amide bonds. The van der Waals surface area contributed by atoms with Crippen LogP contribution in [-0.4, -0.2) is 21.1 Å². The van der Waals surface area contributed by atoms with E-state index in [0.717, 1.165) is 23.4 Å². The van der Waals surface area contributed by atoms with Gasteiger partial charge < -0.3 is 5.32 Å². The summed E-state index contributed by atoms with van der Waals surface area (Å²) >= 11 is 0. The second-order valence-electron chi connectivity index (χ2n) is 3.41. The second-order valence-corrected chi connectivity index (χ2v) is 3.41. The van der Waals surface area contributed by atoms with E-state index in [2.05, 4.69) is 15.4 Å². The van der Waals surface area contributed by atoms with E-state index in [1.807, 2.05) is 6.07 Å². The maximum absolute atomic E-state index is 10.7. The monoisotopic (exact) mass is 212 g/mol. The van der Waals surface area contributed by atoms with Gasteiger partial charge in [-0.2, -0.15) is 5.10 Å². The molecule has 0 unspecified atom stereocenters. The summed E-state index contributed by atoms with van der Waals surface area (Å²) in [5.74, 6) is 0.722. The summed E-state index contributed by atoms with van der Waals surface area (Å²) in [5, 5.41) is 7.17. The number of aromatic nitrogens is 3. The highest BCUT2D eigenvalue weighted by Crippen LogP contribution is 2.29. The molecule has 1 aromatic carbocycles. The smallest absolute Gasteiger partial charge is 0.164 e. The molecule has 0 radical (unpaired) electrons. The lowest BCUT2D eigenvalue weighted by Crippen LogP contribution is -1.94. The minimum Gasteiger partial charge on any atom is -0.360 e. The molecule has 0 spiro atoms. The lowest BCUT2D eigenvalue weighted by atomic mass is 10.1. The van der Waals surface area contributed by atoms with Crippen LogP contribution in [0.25, 0.3) is 17.6 Å². The molecule has 0 aliphatic carbocycles. The topological polar surface area (TPSA) is 59.8 Å². The Labute approximate surface area is 91.4 Å². The SMILES string of the molecule is O=Cc1ccc2c(c1)-c1ncnn1C=CN2. The molecule has 0 fully saturated rings. The Bertz CT molecular complexity index is 585. The Balaban J connectivity index is 2.29. The van der Waals surface area contributed by atoms with E-state index >= 15 is 0 Å². The van der Waals surface area contributed by atoms with Gasteiger partial charge >= 0.3 is 0 Å². The standard InChI is InChI=1S/C11H8N4O/c16-6-8-1-2-10-9(5-8)11-13-7-14-15(11)4-3-12-10/h1-7,12H. The van der Waals surface area contributed by atoms with E-state index < -0.39 is 0 Å². The van der Waals surface area contributed by atoms with Crippen molar-refractivity contribution in [1.82, 2.24) is 14.8 Å². The van der Waals surface area contributed by atoms with Gasteiger partial charge in [-0.05, 0) is 18.2 Å². The van der Waals surface area contributed by atoms with Crippen molar-refractivity contribution in [2.45, 2.75) is 0 Å². The molecule has 1 aromatic heterocycles. The van der Waals surface area contributed by atoms with Crippen LogP contribution in [0.2, 0.25) is 0 Å². The van der Waals surface area contributed by atoms with Gasteiger partial charge in [-0.1, -0.05) is 0 Å². The van der Waals surface area contributed by atoms with Gasteiger partial charge in [0, 0.05) is 29.2 Å². The summed E-state index contributed by atoms with van der Waals surface area (Å²) in [6, 6.07) is 5.41. The highest BCUT2D eigenvalue weighted by atomic mass is 16.1. The number of benzene rings is 1. The van der Waals surface area contributed by atoms with Crippen molar-refractivity contribution in [3.63, 3.8) is 0 Å². The van der Waals surface area contributed by atoms with Crippen molar-refractivity contribution >= 4 is 18.2 Å². The van der Waals surface area contributed by atoms with Gasteiger partial charge in [-0.3, -0.25) is 4.79 Å². The number of carbonyl (C=O) groups is 1. The summed E-state index contributed by atoms with van der Waals surface area (Å²) in [5.41, 5.74) is 2.40. The molecule has 78 valence electrons. The Morgan fingerprint density at radius 2 is 2.31 bits per heavy atom. The van der Waals surface area contributed by atoms with E-state index in [9.17, 15) is 4.79 Å². The quantitative estimate of drug-likeness (QED) is 0.729. The Morgan fingerprint density at radius 3 is 3.19 bits per heavy atom. The molecule has 2 aromatic rings. The lowest BCUT2D eigenvalue weighted by molar-refractivity contribution is 0.112. The van der Waals surface area contributed by atoms with Crippen LogP contribution in [0, 0.1) is 0 Å². The van der Waals surface area contributed by atoms with E-state index in [4.69, 9.17) is 0 Å². The predicted octanol–water partition coefficient (Wildman–Crippen LogP) is 1.61. The van der Waals surface area contributed by atoms with Gasteiger partial charge in [-0.25, -0.2) is 9.67 Å². The van der Waals surface area contributed by atoms with E-state index in [1.165, 1.54) is 6.33 Å². The van der Waals surface area contributed by atoms with E-state index in [-0.39, 0.29) is 0 Å². The summed E-state index contributed by atoms with van der Waals surface area (Å²) in [4.78, 5) is 14.9. The molecule has 1 aliphatic heterocycles. The maximum Gasteiger partial charge on any atom is 0.164 e. The first-order chi connectivity index (χ1) is 7.88. The zero-order valence-corrected chi connectivity index (χ0v) is 8.29. The van der Waals surface area contributed by atoms with Gasteiger partial charge in [0.15, 0.2) is 5.82 Å². The Morgan fingerprint density at radius 1 is 1.38 bits per heavy atom. The first-order valence-corrected chi connectivity index (χ1v) is 4.81. The first kappa shape index (κ1) is 8.84. The maximum atomic E-state index is 10.7. The molecule has 0 atom stereocenters. The predicted molar refractivity (Wildman–Crippen MR) is 59.8 cm³/mol. The minimum absolute atomic E-state index is 0.622. The number of hydrogen-bond acceptors (Lipinski definition) is 4. The zero-order chi connectivity index (χ0) is 11.0. The number of nitrogens with zero attached hydrogens (tertiary/aromatic N) is 3.